The van der Waals surface area contributed by atoms with Gasteiger partial charge in [-0.15, -0.1) is 0 Å². The number of hydrogen-bond donors (Lipinski definition) is 0. The van der Waals surface area contributed by atoms with Gasteiger partial charge in [0.05, 0.1) is 0 Å². The molecule has 102 valence electrons. The zero-order valence-electron chi connectivity index (χ0n) is 12.9. The van der Waals surface area contributed by atoms with Gasteiger partial charge in [-0.1, -0.05) is 86.2 Å². The van der Waals surface area contributed by atoms with Crippen LogP contribution in [0.2, 0.25) is 0 Å². The molecule has 0 aliphatic heterocycles. The van der Waals surface area contributed by atoms with E-state index in [9.17, 15) is 0 Å². The van der Waals surface area contributed by atoms with Crippen molar-refractivity contribution in [3.63, 3.8) is 0 Å². The highest BCUT2D eigenvalue weighted by molar-refractivity contribution is 5.52. The van der Waals surface area contributed by atoms with Gasteiger partial charge in [0.25, 0.3) is 0 Å². The molecule has 19 heavy (non-hydrogen) atoms. The van der Waals surface area contributed by atoms with Crippen LogP contribution in [0.1, 0.15) is 37.5 Å². The zero-order chi connectivity index (χ0) is 14.5. The minimum absolute atomic E-state index is 1.31. The second kappa shape index (κ2) is 11.3. The normalized spacial score (nSPS) is 9.11. The fraction of sp³-hybridized carbons (Fsp3) is 0.263. The molecule has 0 saturated heterocycles. The molecular formula is C19H26. The molecule has 2 aromatic carbocycles. The molecule has 0 aromatic heterocycles. The van der Waals surface area contributed by atoms with Gasteiger partial charge in [0.1, 0.15) is 0 Å². The van der Waals surface area contributed by atoms with Crippen LogP contribution < -0.4 is 0 Å². The SMILES string of the molecule is C/C=C\c1ccccc1C.CC.Cc1ccccc1. The lowest BCUT2D eigenvalue weighted by molar-refractivity contribution is 1.44. The first-order valence-corrected chi connectivity index (χ1v) is 6.94. The molecule has 0 N–H and O–H groups in total. The molecule has 0 spiro atoms. The van der Waals surface area contributed by atoms with Gasteiger partial charge in [0, 0.05) is 0 Å². The Kier molecular flexibility index (Phi) is 10.2. The molecule has 0 aliphatic rings. The summed E-state index contributed by atoms with van der Waals surface area (Å²) in [6, 6.07) is 18.6. The van der Waals surface area contributed by atoms with Crippen molar-refractivity contribution < 1.29 is 0 Å². The van der Waals surface area contributed by atoms with Crippen molar-refractivity contribution in [2.24, 2.45) is 0 Å². The number of aryl methyl sites for hydroxylation is 2. The fourth-order valence-corrected chi connectivity index (χ4v) is 1.49. The van der Waals surface area contributed by atoms with E-state index < -0.39 is 0 Å². The molecule has 0 aliphatic carbocycles. The zero-order valence-corrected chi connectivity index (χ0v) is 12.9. The number of benzene rings is 2. The van der Waals surface area contributed by atoms with Gasteiger partial charge in [-0.3, -0.25) is 0 Å². The molecule has 0 heteroatoms. The highest BCUT2D eigenvalue weighted by Crippen LogP contribution is 2.07. The summed E-state index contributed by atoms with van der Waals surface area (Å²) in [6.45, 7) is 10.2. The Morgan fingerprint density at radius 1 is 0.737 bits per heavy atom. The van der Waals surface area contributed by atoms with Gasteiger partial charge in [0.2, 0.25) is 0 Å². The van der Waals surface area contributed by atoms with E-state index in [1.165, 1.54) is 16.7 Å². The minimum Gasteiger partial charge on any atom is -0.0871 e. The molecule has 0 amide bonds. The molecule has 0 fully saturated rings. The van der Waals surface area contributed by atoms with Crippen molar-refractivity contribution in [3.8, 4) is 0 Å². The van der Waals surface area contributed by atoms with Crippen molar-refractivity contribution in [1.29, 1.82) is 0 Å². The Bertz CT molecular complexity index is 452. The molecule has 0 nitrogen and oxygen atoms in total. The summed E-state index contributed by atoms with van der Waals surface area (Å²) in [5.74, 6) is 0. The number of rotatable bonds is 1. The number of allylic oxidation sites excluding steroid dienone is 1. The highest BCUT2D eigenvalue weighted by atomic mass is 13.9. The lowest BCUT2D eigenvalue weighted by atomic mass is 10.1. The van der Waals surface area contributed by atoms with Gasteiger partial charge in [0.15, 0.2) is 0 Å². The summed E-state index contributed by atoms with van der Waals surface area (Å²) in [4.78, 5) is 0. The van der Waals surface area contributed by atoms with E-state index in [-0.39, 0.29) is 0 Å². The van der Waals surface area contributed by atoms with Crippen molar-refractivity contribution in [2.75, 3.05) is 0 Å². The molecule has 0 heterocycles. The maximum atomic E-state index is 2.12. The average Bonchev–Trinajstić information content (AvgIpc) is 2.45. The molecule has 2 aromatic rings. The van der Waals surface area contributed by atoms with Crippen LogP contribution in [0, 0.1) is 13.8 Å². The monoisotopic (exact) mass is 254 g/mol. The van der Waals surface area contributed by atoms with Crippen LogP contribution in [0.5, 0.6) is 0 Å². The third-order valence-electron chi connectivity index (χ3n) is 2.48. The Balaban J connectivity index is 0.000000316. The molecule has 0 radical (unpaired) electrons. The molecule has 0 unspecified atom stereocenters. The van der Waals surface area contributed by atoms with Crippen LogP contribution in [0.15, 0.2) is 60.7 Å². The van der Waals surface area contributed by atoms with Crippen LogP contribution in [0.3, 0.4) is 0 Å². The van der Waals surface area contributed by atoms with Gasteiger partial charge >= 0.3 is 0 Å². The second-order valence-electron chi connectivity index (χ2n) is 4.01. The average molecular weight is 254 g/mol. The third kappa shape index (κ3) is 7.99. The summed E-state index contributed by atoms with van der Waals surface area (Å²) in [6.07, 6.45) is 4.18. The lowest BCUT2D eigenvalue weighted by Gasteiger charge is -1.96. The van der Waals surface area contributed by atoms with Gasteiger partial charge in [-0.25, -0.2) is 0 Å². The summed E-state index contributed by atoms with van der Waals surface area (Å²) in [7, 11) is 0. The Morgan fingerprint density at radius 3 is 1.68 bits per heavy atom. The number of hydrogen-bond acceptors (Lipinski definition) is 0. The van der Waals surface area contributed by atoms with E-state index in [1.807, 2.05) is 39.0 Å². The van der Waals surface area contributed by atoms with Crippen LogP contribution in [-0.4, -0.2) is 0 Å². The third-order valence-corrected chi connectivity index (χ3v) is 2.48. The van der Waals surface area contributed by atoms with Gasteiger partial charge in [-0.05, 0) is 31.9 Å². The molecule has 0 atom stereocenters. The smallest absolute Gasteiger partial charge is 0.0231 e. The van der Waals surface area contributed by atoms with E-state index in [1.54, 1.807) is 0 Å². The van der Waals surface area contributed by atoms with Gasteiger partial charge in [-0.2, -0.15) is 0 Å². The largest absolute Gasteiger partial charge is 0.0871 e. The highest BCUT2D eigenvalue weighted by Gasteiger charge is 1.87. The fourth-order valence-electron chi connectivity index (χ4n) is 1.49. The van der Waals surface area contributed by atoms with E-state index in [0.29, 0.717) is 0 Å². The topological polar surface area (TPSA) is 0 Å². The first-order valence-electron chi connectivity index (χ1n) is 6.94. The van der Waals surface area contributed by atoms with Gasteiger partial charge < -0.3 is 0 Å². The second-order valence-corrected chi connectivity index (χ2v) is 4.01. The predicted octanol–water partition coefficient (Wildman–Crippen LogP) is 6.05. The van der Waals surface area contributed by atoms with E-state index in [0.717, 1.165) is 0 Å². The van der Waals surface area contributed by atoms with Crippen molar-refractivity contribution in [3.05, 3.63) is 77.4 Å². The minimum atomic E-state index is 1.31. The maximum absolute atomic E-state index is 2.12. The first kappa shape index (κ1) is 17.2. The Labute approximate surface area is 118 Å². The van der Waals surface area contributed by atoms with E-state index in [2.05, 4.69) is 62.4 Å². The summed E-state index contributed by atoms with van der Waals surface area (Å²) < 4.78 is 0. The quantitative estimate of drug-likeness (QED) is 0.581. The van der Waals surface area contributed by atoms with Crippen LogP contribution in [0.4, 0.5) is 0 Å². The molecule has 0 bridgehead atoms. The lowest BCUT2D eigenvalue weighted by Crippen LogP contribution is -1.76. The Morgan fingerprint density at radius 2 is 1.26 bits per heavy atom. The summed E-state index contributed by atoms with van der Waals surface area (Å²) >= 11 is 0. The van der Waals surface area contributed by atoms with Crippen LogP contribution >= 0.6 is 0 Å². The van der Waals surface area contributed by atoms with Crippen LogP contribution in [0.25, 0.3) is 6.08 Å². The van der Waals surface area contributed by atoms with Crippen molar-refractivity contribution >= 4 is 6.08 Å². The molecule has 0 saturated carbocycles. The molecule has 2 rings (SSSR count). The summed E-state index contributed by atoms with van der Waals surface area (Å²) in [5.41, 5.74) is 3.97. The molecular weight excluding hydrogens is 228 g/mol. The van der Waals surface area contributed by atoms with Crippen molar-refractivity contribution in [1.82, 2.24) is 0 Å². The standard InChI is InChI=1S/C10H12.C7H8.C2H6/c1-3-6-10-8-5-4-7-9(10)2;1-7-5-3-2-4-6-7;1-2/h3-8H,1-2H3;2-6H,1H3;1-2H3/b6-3-;;. The Hall–Kier alpha value is -1.82. The predicted molar refractivity (Wildman–Crippen MR) is 88.4 cm³/mol. The van der Waals surface area contributed by atoms with E-state index >= 15 is 0 Å². The maximum Gasteiger partial charge on any atom is -0.0231 e. The first-order chi connectivity index (χ1) is 9.24. The van der Waals surface area contributed by atoms with Crippen molar-refractivity contribution in [2.45, 2.75) is 34.6 Å². The summed E-state index contributed by atoms with van der Waals surface area (Å²) in [5, 5.41) is 0. The van der Waals surface area contributed by atoms with Crippen LogP contribution in [-0.2, 0) is 0 Å². The van der Waals surface area contributed by atoms with E-state index in [4.69, 9.17) is 0 Å².